The number of nitrogens with zero attached hydrogens (tertiary/aromatic N) is 2. The van der Waals surface area contributed by atoms with Crippen LogP contribution in [-0.4, -0.2) is 21.6 Å². The van der Waals surface area contributed by atoms with E-state index in [4.69, 9.17) is 4.42 Å². The Kier molecular flexibility index (Phi) is 4.83. The third-order valence-electron chi connectivity index (χ3n) is 4.03. The first kappa shape index (κ1) is 16.8. The minimum Gasteiger partial charge on any atom is -0.469 e. The second kappa shape index (κ2) is 7.21. The van der Waals surface area contributed by atoms with Gasteiger partial charge in [0.25, 0.3) is 0 Å². The lowest BCUT2D eigenvalue weighted by molar-refractivity contribution is -0.121. The molecule has 1 amide bonds. The zero-order chi connectivity index (χ0) is 17.8. The largest absolute Gasteiger partial charge is 0.469 e. The molecule has 0 bridgehead atoms. The molecular formula is C18H19N3O4. The first-order chi connectivity index (χ1) is 12.1. The first-order valence-electron chi connectivity index (χ1n) is 8.13. The fourth-order valence-electron chi connectivity index (χ4n) is 2.82. The molecule has 7 heteroatoms. The van der Waals surface area contributed by atoms with E-state index in [0.717, 1.165) is 5.76 Å². The monoisotopic (exact) mass is 341 g/mol. The summed E-state index contributed by atoms with van der Waals surface area (Å²) in [5, 5.41) is 2.74. The molecule has 0 fully saturated rings. The third kappa shape index (κ3) is 3.40. The van der Waals surface area contributed by atoms with E-state index in [9.17, 15) is 14.4 Å². The number of carbonyl (C=O) groups is 1. The van der Waals surface area contributed by atoms with Gasteiger partial charge < -0.3 is 14.3 Å². The maximum atomic E-state index is 12.4. The van der Waals surface area contributed by atoms with Crippen molar-refractivity contribution in [1.29, 1.82) is 0 Å². The molecule has 0 saturated heterocycles. The van der Waals surface area contributed by atoms with Crippen LogP contribution in [0.1, 0.15) is 12.7 Å². The van der Waals surface area contributed by atoms with Crippen LogP contribution >= 0.6 is 0 Å². The molecule has 0 atom stereocenters. The van der Waals surface area contributed by atoms with Gasteiger partial charge in [0, 0.05) is 19.5 Å². The number of furan rings is 1. The van der Waals surface area contributed by atoms with Crippen molar-refractivity contribution < 1.29 is 9.21 Å². The van der Waals surface area contributed by atoms with Crippen molar-refractivity contribution in [3.8, 4) is 0 Å². The highest BCUT2D eigenvalue weighted by atomic mass is 16.3. The fourth-order valence-corrected chi connectivity index (χ4v) is 2.82. The molecule has 0 aliphatic carbocycles. The van der Waals surface area contributed by atoms with Gasteiger partial charge in [0.1, 0.15) is 12.3 Å². The van der Waals surface area contributed by atoms with Gasteiger partial charge in [0.15, 0.2) is 0 Å². The van der Waals surface area contributed by atoms with Crippen molar-refractivity contribution in [2.24, 2.45) is 0 Å². The molecule has 25 heavy (non-hydrogen) atoms. The number of amides is 1. The number of hydrogen-bond acceptors (Lipinski definition) is 4. The summed E-state index contributed by atoms with van der Waals surface area (Å²) in [5.74, 6) is 0.445. The second-order valence-electron chi connectivity index (χ2n) is 5.61. The third-order valence-corrected chi connectivity index (χ3v) is 4.03. The molecular weight excluding hydrogens is 322 g/mol. The number of aromatic nitrogens is 2. The van der Waals surface area contributed by atoms with Crippen molar-refractivity contribution in [2.75, 3.05) is 6.54 Å². The highest BCUT2D eigenvalue weighted by molar-refractivity contribution is 5.80. The summed E-state index contributed by atoms with van der Waals surface area (Å²) in [4.78, 5) is 36.9. The van der Waals surface area contributed by atoms with Gasteiger partial charge >= 0.3 is 11.1 Å². The summed E-state index contributed by atoms with van der Waals surface area (Å²) in [6, 6.07) is 10.7. The van der Waals surface area contributed by atoms with Gasteiger partial charge in [0.05, 0.1) is 17.3 Å². The Morgan fingerprint density at radius 2 is 1.72 bits per heavy atom. The minimum atomic E-state index is -0.693. The summed E-state index contributed by atoms with van der Waals surface area (Å²) >= 11 is 0. The van der Waals surface area contributed by atoms with Crippen LogP contribution in [0.4, 0.5) is 0 Å². The Bertz CT molecular complexity index is 999. The summed E-state index contributed by atoms with van der Waals surface area (Å²) in [5.41, 5.74) is -0.112. The molecule has 0 aliphatic heterocycles. The quantitative estimate of drug-likeness (QED) is 0.681. The summed E-state index contributed by atoms with van der Waals surface area (Å²) in [6.07, 6.45) is 2.14. The highest BCUT2D eigenvalue weighted by Crippen LogP contribution is 2.10. The van der Waals surface area contributed by atoms with E-state index in [1.54, 1.807) is 43.5 Å². The van der Waals surface area contributed by atoms with Crippen LogP contribution in [0, 0.1) is 0 Å². The van der Waals surface area contributed by atoms with Gasteiger partial charge in [0.2, 0.25) is 5.91 Å². The number of para-hydroxylation sites is 2. The molecule has 0 radical (unpaired) electrons. The van der Waals surface area contributed by atoms with Crippen LogP contribution in [0.5, 0.6) is 0 Å². The fraction of sp³-hybridized carbons (Fsp3) is 0.278. The summed E-state index contributed by atoms with van der Waals surface area (Å²) in [7, 11) is 0. The zero-order valence-corrected chi connectivity index (χ0v) is 13.9. The second-order valence-corrected chi connectivity index (χ2v) is 5.61. The maximum absolute atomic E-state index is 12.4. The minimum absolute atomic E-state index is 0.197. The molecule has 1 N–H and O–H groups in total. The van der Waals surface area contributed by atoms with E-state index in [2.05, 4.69) is 5.32 Å². The van der Waals surface area contributed by atoms with Gasteiger partial charge in [-0.15, -0.1) is 0 Å². The number of benzene rings is 1. The van der Waals surface area contributed by atoms with Crippen molar-refractivity contribution in [1.82, 2.24) is 14.5 Å². The molecule has 1 aromatic carbocycles. The van der Waals surface area contributed by atoms with Crippen molar-refractivity contribution >= 4 is 16.9 Å². The Balaban J connectivity index is 1.83. The summed E-state index contributed by atoms with van der Waals surface area (Å²) in [6.45, 7) is 2.39. The van der Waals surface area contributed by atoms with Crippen molar-refractivity contribution in [2.45, 2.75) is 26.4 Å². The highest BCUT2D eigenvalue weighted by Gasteiger charge is 2.14. The summed E-state index contributed by atoms with van der Waals surface area (Å²) < 4.78 is 7.85. The zero-order valence-electron chi connectivity index (χ0n) is 13.9. The lowest BCUT2D eigenvalue weighted by atomic mass is 10.2. The molecule has 3 aromatic rings. The van der Waals surface area contributed by atoms with Gasteiger partial charge in [-0.3, -0.25) is 19.0 Å². The Hall–Kier alpha value is -3.09. The maximum Gasteiger partial charge on any atom is 0.317 e. The van der Waals surface area contributed by atoms with Crippen LogP contribution in [0.3, 0.4) is 0 Å². The Morgan fingerprint density at radius 1 is 1.04 bits per heavy atom. The number of hydrogen-bond donors (Lipinski definition) is 1. The van der Waals surface area contributed by atoms with E-state index in [0.29, 0.717) is 30.5 Å². The van der Waals surface area contributed by atoms with Gasteiger partial charge in [-0.25, -0.2) is 0 Å². The Labute approximate surface area is 143 Å². The van der Waals surface area contributed by atoms with Gasteiger partial charge in [-0.05, 0) is 31.2 Å². The van der Waals surface area contributed by atoms with E-state index in [1.165, 1.54) is 9.13 Å². The topological polar surface area (TPSA) is 86.2 Å². The van der Waals surface area contributed by atoms with Gasteiger partial charge in [-0.2, -0.15) is 0 Å². The van der Waals surface area contributed by atoms with Crippen LogP contribution < -0.4 is 16.4 Å². The molecule has 0 aliphatic rings. The van der Waals surface area contributed by atoms with Gasteiger partial charge in [-0.1, -0.05) is 12.1 Å². The number of aryl methyl sites for hydroxylation is 1. The molecule has 0 saturated carbocycles. The van der Waals surface area contributed by atoms with Crippen LogP contribution in [0.15, 0.2) is 56.7 Å². The van der Waals surface area contributed by atoms with Crippen molar-refractivity contribution in [3.63, 3.8) is 0 Å². The van der Waals surface area contributed by atoms with Crippen LogP contribution in [-0.2, 0) is 24.3 Å². The van der Waals surface area contributed by atoms with E-state index in [-0.39, 0.29) is 12.5 Å². The molecule has 130 valence electrons. The average Bonchev–Trinajstić information content (AvgIpc) is 3.13. The Morgan fingerprint density at radius 3 is 2.36 bits per heavy atom. The lowest BCUT2D eigenvalue weighted by Gasteiger charge is -2.13. The number of carbonyl (C=O) groups excluding carboxylic acids is 1. The van der Waals surface area contributed by atoms with Crippen LogP contribution in [0.2, 0.25) is 0 Å². The number of rotatable bonds is 6. The number of nitrogens with one attached hydrogen (secondary N) is 1. The van der Waals surface area contributed by atoms with E-state index in [1.807, 2.05) is 6.07 Å². The molecule has 0 spiro atoms. The van der Waals surface area contributed by atoms with E-state index < -0.39 is 11.1 Å². The van der Waals surface area contributed by atoms with E-state index >= 15 is 0 Å². The average molecular weight is 341 g/mol. The molecule has 2 heterocycles. The lowest BCUT2D eigenvalue weighted by Crippen LogP contribution is -2.43. The SMILES string of the molecule is CCn1c(=O)c(=O)n(CC(=O)NCCc2ccco2)c2ccccc21. The van der Waals surface area contributed by atoms with Crippen LogP contribution in [0.25, 0.3) is 11.0 Å². The molecule has 2 aromatic heterocycles. The first-order valence-corrected chi connectivity index (χ1v) is 8.13. The standard InChI is InChI=1S/C18H19N3O4/c1-2-20-14-7-3-4-8-15(14)21(18(24)17(20)23)12-16(22)19-10-9-13-6-5-11-25-13/h3-8,11H,2,9-10,12H2,1H3,(H,19,22). The predicted octanol–water partition coefficient (Wildman–Crippen LogP) is 1.14. The molecule has 3 rings (SSSR count). The smallest absolute Gasteiger partial charge is 0.317 e. The van der Waals surface area contributed by atoms with Crippen molar-refractivity contribution in [3.05, 3.63) is 69.1 Å². The normalized spacial score (nSPS) is 10.9. The number of fused-ring (bicyclic) bond motifs is 1. The predicted molar refractivity (Wildman–Crippen MR) is 93.6 cm³/mol. The molecule has 0 unspecified atom stereocenters. The molecule has 7 nitrogen and oxygen atoms in total.